The van der Waals surface area contributed by atoms with E-state index in [2.05, 4.69) is 15.3 Å². The number of aryl methyl sites for hydroxylation is 1. The Morgan fingerprint density at radius 3 is 3.06 bits per heavy atom. The van der Waals surface area contributed by atoms with E-state index in [4.69, 9.17) is 11.3 Å². The van der Waals surface area contributed by atoms with Crippen LogP contribution in [0, 0.1) is 0 Å². The van der Waals surface area contributed by atoms with Crippen LogP contribution in [-0.2, 0) is 16.8 Å². The lowest BCUT2D eigenvalue weighted by Gasteiger charge is -2.28. The van der Waals surface area contributed by atoms with Crippen LogP contribution in [0.25, 0.3) is 10.4 Å². The van der Waals surface area contributed by atoms with Gasteiger partial charge in [0.05, 0.1) is 0 Å². The molecule has 1 aliphatic rings. The molecule has 94 valence electrons. The first kappa shape index (κ1) is 12.4. The quantitative estimate of drug-likeness (QED) is 0.352. The Kier molecular flexibility index (Phi) is 3.50. The molecule has 0 saturated carbocycles. The summed E-state index contributed by atoms with van der Waals surface area (Å²) in [7, 11) is 0. The number of fused-ring (bicyclic) bond motifs is 1. The monoisotopic (exact) mass is 245 g/mol. The largest absolute Gasteiger partial charge is 0.368 e. The van der Waals surface area contributed by atoms with E-state index in [9.17, 15) is 4.79 Å². The van der Waals surface area contributed by atoms with E-state index in [1.54, 1.807) is 0 Å². The van der Waals surface area contributed by atoms with Gasteiger partial charge in [-0.2, -0.15) is 0 Å². The Balaban J connectivity index is 2.24. The second-order valence-electron chi connectivity index (χ2n) is 4.31. The van der Waals surface area contributed by atoms with Crippen molar-refractivity contribution in [2.75, 3.05) is 13.1 Å². The lowest BCUT2D eigenvalue weighted by Crippen LogP contribution is -2.52. The van der Waals surface area contributed by atoms with Crippen molar-refractivity contribution in [2.45, 2.75) is 18.4 Å². The van der Waals surface area contributed by atoms with Crippen molar-refractivity contribution in [1.82, 2.24) is 5.32 Å². The van der Waals surface area contributed by atoms with Gasteiger partial charge in [0.1, 0.15) is 5.54 Å². The highest BCUT2D eigenvalue weighted by atomic mass is 16.1. The van der Waals surface area contributed by atoms with Gasteiger partial charge in [-0.1, -0.05) is 29.4 Å². The van der Waals surface area contributed by atoms with Crippen LogP contribution < -0.4 is 11.1 Å². The molecule has 0 radical (unpaired) electrons. The van der Waals surface area contributed by atoms with Crippen molar-refractivity contribution in [3.05, 3.63) is 45.8 Å². The third-order valence-corrected chi connectivity index (χ3v) is 3.37. The van der Waals surface area contributed by atoms with Crippen molar-refractivity contribution >= 4 is 5.91 Å². The van der Waals surface area contributed by atoms with Gasteiger partial charge in [0.2, 0.25) is 5.91 Å². The predicted molar refractivity (Wildman–Crippen MR) is 67.7 cm³/mol. The average molecular weight is 245 g/mol. The molecule has 0 heterocycles. The molecule has 1 aromatic rings. The van der Waals surface area contributed by atoms with Crippen LogP contribution in [0.1, 0.15) is 17.5 Å². The molecule has 18 heavy (non-hydrogen) atoms. The molecule has 2 rings (SSSR count). The summed E-state index contributed by atoms with van der Waals surface area (Å²) in [6.45, 7) is 0.731. The minimum absolute atomic E-state index is 0.299. The number of hydrogen-bond donors (Lipinski definition) is 2. The van der Waals surface area contributed by atoms with Crippen LogP contribution in [0.3, 0.4) is 0 Å². The molecule has 0 bridgehead atoms. The van der Waals surface area contributed by atoms with Crippen molar-refractivity contribution in [3.63, 3.8) is 0 Å². The minimum atomic E-state index is -0.818. The Hall–Kier alpha value is -2.04. The molecule has 1 aliphatic carbocycles. The maximum Gasteiger partial charge on any atom is 0.242 e. The molecule has 6 nitrogen and oxygen atoms in total. The van der Waals surface area contributed by atoms with Crippen molar-refractivity contribution < 1.29 is 4.79 Å². The summed E-state index contributed by atoms with van der Waals surface area (Å²) in [4.78, 5) is 14.5. The van der Waals surface area contributed by atoms with Gasteiger partial charge < -0.3 is 5.73 Å². The van der Waals surface area contributed by atoms with Gasteiger partial charge in [-0.05, 0) is 29.5 Å². The van der Waals surface area contributed by atoms with Gasteiger partial charge in [-0.3, -0.25) is 10.1 Å². The van der Waals surface area contributed by atoms with Gasteiger partial charge in [0, 0.05) is 18.0 Å². The molecule has 0 saturated heterocycles. The highest BCUT2D eigenvalue weighted by Gasteiger charge is 2.43. The zero-order chi connectivity index (χ0) is 13.0. The van der Waals surface area contributed by atoms with E-state index >= 15 is 0 Å². The first-order valence-electron chi connectivity index (χ1n) is 5.85. The molecular weight excluding hydrogens is 230 g/mol. The normalized spacial score (nSPS) is 21.1. The predicted octanol–water partition coefficient (Wildman–Crippen LogP) is 1.21. The standard InChI is InChI=1S/C12H15N5O/c13-11(18)12(15-7-8-16-17-14)6-5-9-3-1-2-4-10(9)12/h1-4,15H,5-8H2,(H2,13,18). The Morgan fingerprint density at radius 1 is 1.56 bits per heavy atom. The summed E-state index contributed by atoms with van der Waals surface area (Å²) >= 11 is 0. The van der Waals surface area contributed by atoms with E-state index in [-0.39, 0.29) is 5.91 Å². The number of carbonyl (C=O) groups is 1. The topological polar surface area (TPSA) is 104 Å². The van der Waals surface area contributed by atoms with Gasteiger partial charge in [0.15, 0.2) is 0 Å². The Morgan fingerprint density at radius 2 is 2.33 bits per heavy atom. The maximum absolute atomic E-state index is 11.8. The molecule has 0 aromatic heterocycles. The number of nitrogens with two attached hydrogens (primary N) is 1. The molecule has 1 aromatic carbocycles. The van der Waals surface area contributed by atoms with E-state index in [1.165, 1.54) is 0 Å². The number of azide groups is 1. The fourth-order valence-electron chi connectivity index (χ4n) is 2.50. The van der Waals surface area contributed by atoms with E-state index in [1.807, 2.05) is 24.3 Å². The summed E-state index contributed by atoms with van der Waals surface area (Å²) in [5.74, 6) is -0.381. The summed E-state index contributed by atoms with van der Waals surface area (Å²) in [5.41, 5.74) is 15.1. The lowest BCUT2D eigenvalue weighted by atomic mass is 9.91. The van der Waals surface area contributed by atoms with Crippen molar-refractivity contribution in [3.8, 4) is 0 Å². The molecule has 3 N–H and O–H groups in total. The molecule has 0 fully saturated rings. The van der Waals surface area contributed by atoms with Crippen LogP contribution >= 0.6 is 0 Å². The van der Waals surface area contributed by atoms with Gasteiger partial charge in [-0.15, -0.1) is 0 Å². The first-order valence-corrected chi connectivity index (χ1v) is 5.85. The Labute approximate surface area is 105 Å². The summed E-state index contributed by atoms with van der Waals surface area (Å²) in [6, 6.07) is 7.79. The van der Waals surface area contributed by atoms with E-state index in [0.29, 0.717) is 19.5 Å². The maximum atomic E-state index is 11.8. The minimum Gasteiger partial charge on any atom is -0.368 e. The molecule has 6 heteroatoms. The van der Waals surface area contributed by atoms with Crippen molar-refractivity contribution in [2.24, 2.45) is 10.8 Å². The number of nitrogens with one attached hydrogen (secondary N) is 1. The number of amides is 1. The van der Waals surface area contributed by atoms with Crippen molar-refractivity contribution in [1.29, 1.82) is 0 Å². The van der Waals surface area contributed by atoms with E-state index < -0.39 is 5.54 Å². The van der Waals surface area contributed by atoms with Crippen LogP contribution in [0.4, 0.5) is 0 Å². The van der Waals surface area contributed by atoms with Crippen LogP contribution in [0.15, 0.2) is 29.4 Å². The molecule has 1 atom stereocenters. The van der Waals surface area contributed by atoms with Crippen LogP contribution in [-0.4, -0.2) is 19.0 Å². The molecule has 0 spiro atoms. The number of nitrogens with zero attached hydrogens (tertiary/aromatic N) is 3. The van der Waals surface area contributed by atoms with Crippen LogP contribution in [0.5, 0.6) is 0 Å². The zero-order valence-electron chi connectivity index (χ0n) is 9.97. The number of rotatable bonds is 5. The fourth-order valence-corrected chi connectivity index (χ4v) is 2.50. The zero-order valence-corrected chi connectivity index (χ0v) is 9.97. The van der Waals surface area contributed by atoms with E-state index in [0.717, 1.165) is 17.5 Å². The fraction of sp³-hybridized carbons (Fsp3) is 0.417. The summed E-state index contributed by atoms with van der Waals surface area (Å²) in [5, 5.41) is 6.59. The number of primary amides is 1. The lowest BCUT2D eigenvalue weighted by molar-refractivity contribution is -0.124. The molecule has 0 aliphatic heterocycles. The number of benzene rings is 1. The number of carbonyl (C=O) groups excluding carboxylic acids is 1. The highest BCUT2D eigenvalue weighted by Crippen LogP contribution is 2.36. The van der Waals surface area contributed by atoms with Gasteiger partial charge in [-0.25, -0.2) is 0 Å². The second kappa shape index (κ2) is 5.08. The molecule has 1 amide bonds. The van der Waals surface area contributed by atoms with Gasteiger partial charge in [0.25, 0.3) is 0 Å². The summed E-state index contributed by atoms with van der Waals surface area (Å²) in [6.07, 6.45) is 1.48. The SMILES string of the molecule is [N-]=[N+]=NCCNC1(C(N)=O)CCc2ccccc21. The summed E-state index contributed by atoms with van der Waals surface area (Å²) < 4.78 is 0. The average Bonchev–Trinajstić information content (AvgIpc) is 2.75. The van der Waals surface area contributed by atoms with Gasteiger partial charge >= 0.3 is 0 Å². The highest BCUT2D eigenvalue weighted by molar-refractivity contribution is 5.87. The Bertz CT molecular complexity index is 509. The third kappa shape index (κ3) is 2.03. The smallest absolute Gasteiger partial charge is 0.242 e. The third-order valence-electron chi connectivity index (χ3n) is 3.37. The first-order chi connectivity index (χ1) is 8.70. The second-order valence-corrected chi connectivity index (χ2v) is 4.31. The molecule has 1 unspecified atom stereocenters. The number of hydrogen-bond acceptors (Lipinski definition) is 3. The molecular formula is C12H15N5O. The van der Waals surface area contributed by atoms with Crippen LogP contribution in [0.2, 0.25) is 0 Å².